The highest BCUT2D eigenvalue weighted by molar-refractivity contribution is 5.13. The fraction of sp³-hybridized carbons (Fsp3) is 0.400. The van der Waals surface area contributed by atoms with Gasteiger partial charge in [-0.25, -0.2) is 4.89 Å². The van der Waals surface area contributed by atoms with E-state index in [1.807, 2.05) is 30.3 Å². The Labute approximate surface area is 80.6 Å². The van der Waals surface area contributed by atoms with Crippen LogP contribution in [0.5, 0.6) is 0 Å². The normalized spacial score (nSPS) is 8.85. The van der Waals surface area contributed by atoms with Crippen molar-refractivity contribution < 1.29 is 11.6 Å². The summed E-state index contributed by atoms with van der Waals surface area (Å²) in [5.41, 5.74) is 6.00. The highest BCUT2D eigenvalue weighted by Crippen LogP contribution is 1.98. The first-order valence-electron chi connectivity index (χ1n) is 4.35. The van der Waals surface area contributed by atoms with Crippen molar-refractivity contribution in [2.45, 2.75) is 20.0 Å². The van der Waals surface area contributed by atoms with Gasteiger partial charge in [0.1, 0.15) is 6.61 Å². The van der Waals surface area contributed by atoms with E-state index < -0.39 is 0 Å². The number of nitrogens with two attached hydrogens (primary N) is 1. The van der Waals surface area contributed by atoms with Crippen molar-refractivity contribution in [1.82, 2.24) is 0 Å². The minimum atomic E-state index is 0. The first kappa shape index (κ1) is 12.1. The molecule has 0 spiro atoms. The summed E-state index contributed by atoms with van der Waals surface area (Å²) in [6.45, 7) is 3.14. The highest BCUT2D eigenvalue weighted by atomic mass is 17.1. The van der Waals surface area contributed by atoms with Gasteiger partial charge in [-0.3, -0.25) is 5.26 Å². The molecule has 0 atom stereocenters. The standard InChI is InChI=1S/C7H8O2.C3H9N.H2/c8-9-6-7-4-2-1-3-5-7;1-2-3-4;/h1-5,8H,6H2;2-4H2,1H3;1H. The number of benzene rings is 1. The highest BCUT2D eigenvalue weighted by Gasteiger charge is 1.86. The summed E-state index contributed by atoms with van der Waals surface area (Å²) >= 11 is 0. The average Bonchev–Trinajstić information content (AvgIpc) is 2.20. The molecule has 3 heteroatoms. The molecule has 76 valence electrons. The zero-order valence-electron chi connectivity index (χ0n) is 7.94. The van der Waals surface area contributed by atoms with E-state index in [-0.39, 0.29) is 8.03 Å². The second kappa shape index (κ2) is 9.19. The predicted octanol–water partition coefficient (Wildman–Crippen LogP) is 2.28. The number of hydrogen-bond acceptors (Lipinski definition) is 3. The lowest BCUT2D eigenvalue weighted by Gasteiger charge is -1.93. The third-order valence-corrected chi connectivity index (χ3v) is 1.36. The van der Waals surface area contributed by atoms with Crippen LogP contribution in [0.1, 0.15) is 20.3 Å². The molecule has 0 aromatic heterocycles. The van der Waals surface area contributed by atoms with Crippen LogP contribution in [0.25, 0.3) is 0 Å². The Morgan fingerprint density at radius 3 is 2.31 bits per heavy atom. The van der Waals surface area contributed by atoms with Gasteiger partial charge in [0.15, 0.2) is 0 Å². The van der Waals surface area contributed by atoms with Gasteiger partial charge >= 0.3 is 0 Å². The summed E-state index contributed by atoms with van der Waals surface area (Å²) in [6, 6.07) is 9.48. The monoisotopic (exact) mass is 185 g/mol. The quantitative estimate of drug-likeness (QED) is 0.561. The smallest absolute Gasteiger partial charge is 0.107 e. The van der Waals surface area contributed by atoms with Crippen LogP contribution in [0.15, 0.2) is 30.3 Å². The maximum atomic E-state index is 8.02. The molecule has 0 amide bonds. The Kier molecular flexibility index (Phi) is 8.55. The molecule has 0 fully saturated rings. The van der Waals surface area contributed by atoms with E-state index in [9.17, 15) is 0 Å². The maximum absolute atomic E-state index is 8.02. The van der Waals surface area contributed by atoms with Crippen molar-refractivity contribution in [3.05, 3.63) is 35.9 Å². The van der Waals surface area contributed by atoms with Gasteiger partial charge in [-0.2, -0.15) is 0 Å². The second-order valence-corrected chi connectivity index (χ2v) is 2.55. The Bertz CT molecular complexity index is 193. The SMILES string of the molecule is CCCN.OOCc1ccccc1.[HH]. The second-order valence-electron chi connectivity index (χ2n) is 2.55. The minimum Gasteiger partial charge on any atom is -0.330 e. The van der Waals surface area contributed by atoms with E-state index in [0.29, 0.717) is 0 Å². The van der Waals surface area contributed by atoms with Crippen molar-refractivity contribution in [1.29, 1.82) is 0 Å². The fourth-order valence-electron chi connectivity index (χ4n) is 0.649. The van der Waals surface area contributed by atoms with Gasteiger partial charge in [0, 0.05) is 1.43 Å². The van der Waals surface area contributed by atoms with E-state index >= 15 is 0 Å². The molecule has 3 N–H and O–H groups in total. The molecule has 3 nitrogen and oxygen atoms in total. The lowest BCUT2D eigenvalue weighted by atomic mass is 10.2. The molecule has 0 saturated heterocycles. The summed E-state index contributed by atoms with van der Waals surface area (Å²) < 4.78 is 0. The first-order chi connectivity index (χ1) is 6.35. The Hall–Kier alpha value is -0.900. The number of hydrogen-bond donors (Lipinski definition) is 2. The van der Waals surface area contributed by atoms with E-state index in [0.717, 1.165) is 18.5 Å². The third kappa shape index (κ3) is 7.46. The molecule has 1 aromatic carbocycles. The predicted molar refractivity (Wildman–Crippen MR) is 55.3 cm³/mol. The zero-order valence-corrected chi connectivity index (χ0v) is 7.94. The molecule has 0 aliphatic rings. The van der Waals surface area contributed by atoms with Crippen LogP contribution in [-0.4, -0.2) is 11.8 Å². The van der Waals surface area contributed by atoms with Gasteiger partial charge in [-0.15, -0.1) is 0 Å². The third-order valence-electron chi connectivity index (χ3n) is 1.36. The van der Waals surface area contributed by atoms with Crippen LogP contribution in [0.2, 0.25) is 0 Å². The Balaban J connectivity index is 0. The lowest BCUT2D eigenvalue weighted by Crippen LogP contribution is -1.93. The molecule has 13 heavy (non-hydrogen) atoms. The van der Waals surface area contributed by atoms with Crippen molar-refractivity contribution in [2.24, 2.45) is 5.73 Å². The maximum Gasteiger partial charge on any atom is 0.107 e. The van der Waals surface area contributed by atoms with Gasteiger partial charge in [0.05, 0.1) is 0 Å². The van der Waals surface area contributed by atoms with E-state index in [2.05, 4.69) is 11.8 Å². The Morgan fingerprint density at radius 2 is 1.92 bits per heavy atom. The van der Waals surface area contributed by atoms with Gasteiger partial charge in [0.25, 0.3) is 0 Å². The zero-order chi connectivity index (χ0) is 9.94. The van der Waals surface area contributed by atoms with Crippen molar-refractivity contribution in [2.75, 3.05) is 6.54 Å². The van der Waals surface area contributed by atoms with Gasteiger partial charge in [0.2, 0.25) is 0 Å². The van der Waals surface area contributed by atoms with Crippen LogP contribution in [-0.2, 0) is 11.5 Å². The molecule has 0 radical (unpaired) electrons. The van der Waals surface area contributed by atoms with Crippen LogP contribution in [0.4, 0.5) is 0 Å². The molecule has 1 rings (SSSR count). The lowest BCUT2D eigenvalue weighted by molar-refractivity contribution is -0.253. The summed E-state index contributed by atoms with van der Waals surface area (Å²) in [7, 11) is 0. The number of rotatable bonds is 3. The summed E-state index contributed by atoms with van der Waals surface area (Å²) in [5, 5.41) is 8.02. The van der Waals surface area contributed by atoms with Crippen LogP contribution < -0.4 is 5.73 Å². The molecule has 0 saturated carbocycles. The molecule has 0 bridgehead atoms. The van der Waals surface area contributed by atoms with Gasteiger partial charge in [-0.05, 0) is 18.5 Å². The van der Waals surface area contributed by atoms with E-state index in [1.165, 1.54) is 0 Å². The topological polar surface area (TPSA) is 55.5 Å². The van der Waals surface area contributed by atoms with Crippen molar-refractivity contribution in [3.8, 4) is 0 Å². The fourth-order valence-corrected chi connectivity index (χ4v) is 0.649. The summed E-state index contributed by atoms with van der Waals surface area (Å²) in [6.07, 6.45) is 1.10. The molecule has 0 unspecified atom stereocenters. The van der Waals surface area contributed by atoms with E-state index in [1.54, 1.807) is 0 Å². The first-order valence-corrected chi connectivity index (χ1v) is 4.35. The van der Waals surface area contributed by atoms with Crippen LogP contribution >= 0.6 is 0 Å². The largest absolute Gasteiger partial charge is 0.330 e. The molecular weight excluding hydrogens is 166 g/mol. The molecule has 1 aromatic rings. The average molecular weight is 185 g/mol. The summed E-state index contributed by atoms with van der Waals surface area (Å²) in [5.74, 6) is 0. The van der Waals surface area contributed by atoms with Gasteiger partial charge < -0.3 is 5.73 Å². The van der Waals surface area contributed by atoms with E-state index in [4.69, 9.17) is 11.0 Å². The molecule has 0 heterocycles. The molecule has 0 aliphatic heterocycles. The molecule has 0 aliphatic carbocycles. The van der Waals surface area contributed by atoms with Crippen molar-refractivity contribution >= 4 is 0 Å². The van der Waals surface area contributed by atoms with Crippen LogP contribution in [0.3, 0.4) is 0 Å². The summed E-state index contributed by atoms with van der Waals surface area (Å²) in [4.78, 5) is 3.93. The van der Waals surface area contributed by atoms with Gasteiger partial charge in [-0.1, -0.05) is 37.3 Å². The Morgan fingerprint density at radius 1 is 1.38 bits per heavy atom. The minimum absolute atomic E-state index is 0. The van der Waals surface area contributed by atoms with Crippen molar-refractivity contribution in [3.63, 3.8) is 0 Å². The van der Waals surface area contributed by atoms with Crippen LogP contribution in [0, 0.1) is 0 Å². The molecular formula is C10H19NO2.